The van der Waals surface area contributed by atoms with Crippen molar-refractivity contribution in [2.75, 3.05) is 0 Å². The molecule has 0 radical (unpaired) electrons. The molecule has 0 atom stereocenters. The van der Waals surface area contributed by atoms with Gasteiger partial charge in [-0.2, -0.15) is 0 Å². The second-order valence-electron chi connectivity index (χ2n) is 3.36. The van der Waals surface area contributed by atoms with Crippen molar-refractivity contribution >= 4 is 39.0 Å². The second kappa shape index (κ2) is 5.31. The van der Waals surface area contributed by atoms with E-state index in [0.717, 1.165) is 20.1 Å². The van der Waals surface area contributed by atoms with E-state index in [9.17, 15) is 0 Å². The predicted octanol–water partition coefficient (Wildman–Crippen LogP) is 3.82. The predicted molar refractivity (Wildman–Crippen MR) is 73.0 cm³/mol. The van der Waals surface area contributed by atoms with Crippen LogP contribution in [0.4, 0.5) is 0 Å². The molecule has 0 bridgehead atoms. The van der Waals surface area contributed by atoms with E-state index in [1.54, 1.807) is 23.1 Å². The lowest BCUT2D eigenvalue weighted by atomic mass is 10.2. The number of aromatic nitrogens is 1. The quantitative estimate of drug-likeness (QED) is 0.936. The van der Waals surface area contributed by atoms with Crippen LogP contribution in [0.2, 0.25) is 0 Å². The molecule has 0 aliphatic carbocycles. The van der Waals surface area contributed by atoms with Gasteiger partial charge in [0.1, 0.15) is 0 Å². The number of aryl methyl sites for hydroxylation is 1. The van der Waals surface area contributed by atoms with Gasteiger partial charge >= 0.3 is 0 Å². The molecule has 0 unspecified atom stereocenters. The molecular formula is C11H11BrN2S2. The average molecular weight is 315 g/mol. The Morgan fingerprint density at radius 3 is 2.88 bits per heavy atom. The summed E-state index contributed by atoms with van der Waals surface area (Å²) in [6.45, 7) is 2.57. The van der Waals surface area contributed by atoms with Gasteiger partial charge in [-0.05, 0) is 30.7 Å². The molecule has 0 fully saturated rings. The highest BCUT2D eigenvalue weighted by molar-refractivity contribution is 9.10. The Balaban J connectivity index is 2.24. The molecule has 2 nitrogen and oxygen atoms in total. The van der Waals surface area contributed by atoms with Crippen molar-refractivity contribution < 1.29 is 0 Å². The number of rotatable bonds is 3. The van der Waals surface area contributed by atoms with Gasteiger partial charge in [-0.15, -0.1) is 11.3 Å². The SMILES string of the molecule is Cc1csc(Sc2cc(Br)cc(CN)c2)n1. The molecule has 1 aromatic heterocycles. The molecular weight excluding hydrogens is 304 g/mol. The summed E-state index contributed by atoms with van der Waals surface area (Å²) in [6.07, 6.45) is 0. The van der Waals surface area contributed by atoms with Gasteiger partial charge < -0.3 is 5.73 Å². The minimum absolute atomic E-state index is 0.559. The minimum atomic E-state index is 0.559. The highest BCUT2D eigenvalue weighted by atomic mass is 79.9. The van der Waals surface area contributed by atoms with Crippen molar-refractivity contribution in [3.63, 3.8) is 0 Å². The maximum atomic E-state index is 5.64. The van der Waals surface area contributed by atoms with Crippen molar-refractivity contribution in [2.45, 2.75) is 22.7 Å². The molecule has 0 spiro atoms. The zero-order chi connectivity index (χ0) is 11.5. The smallest absolute Gasteiger partial charge is 0.154 e. The van der Waals surface area contributed by atoms with Crippen LogP contribution in [-0.2, 0) is 6.54 Å². The Kier molecular flexibility index (Phi) is 4.02. The summed E-state index contributed by atoms with van der Waals surface area (Å²) in [7, 11) is 0. The van der Waals surface area contributed by atoms with Crippen LogP contribution in [0.3, 0.4) is 0 Å². The molecule has 1 aromatic carbocycles. The van der Waals surface area contributed by atoms with Crippen LogP contribution in [0.1, 0.15) is 11.3 Å². The van der Waals surface area contributed by atoms with Crippen LogP contribution in [-0.4, -0.2) is 4.98 Å². The second-order valence-corrected chi connectivity index (χ2v) is 6.45. The van der Waals surface area contributed by atoms with Crippen molar-refractivity contribution in [1.29, 1.82) is 0 Å². The van der Waals surface area contributed by atoms with Crippen molar-refractivity contribution in [3.8, 4) is 0 Å². The maximum absolute atomic E-state index is 5.64. The van der Waals surface area contributed by atoms with Crippen molar-refractivity contribution in [1.82, 2.24) is 4.98 Å². The summed E-state index contributed by atoms with van der Waals surface area (Å²) in [5, 5.41) is 2.06. The zero-order valence-electron chi connectivity index (χ0n) is 8.74. The number of hydrogen-bond donors (Lipinski definition) is 1. The number of benzene rings is 1. The molecule has 2 rings (SSSR count). The third-order valence-corrected chi connectivity index (χ3v) is 4.46. The number of thiazole rings is 1. The first-order chi connectivity index (χ1) is 7.67. The highest BCUT2D eigenvalue weighted by Crippen LogP contribution is 2.32. The summed E-state index contributed by atoms with van der Waals surface area (Å²) in [4.78, 5) is 5.60. The lowest BCUT2D eigenvalue weighted by Gasteiger charge is -2.03. The normalized spacial score (nSPS) is 10.7. The largest absolute Gasteiger partial charge is 0.326 e. The Morgan fingerprint density at radius 2 is 2.25 bits per heavy atom. The van der Waals surface area contributed by atoms with E-state index in [1.165, 1.54) is 4.90 Å². The standard InChI is InChI=1S/C11H11BrN2S2/c1-7-6-15-11(14-7)16-10-3-8(5-13)2-9(12)4-10/h2-4,6H,5,13H2,1H3. The van der Waals surface area contributed by atoms with Crippen LogP contribution in [0, 0.1) is 6.92 Å². The number of nitrogens with zero attached hydrogens (tertiary/aromatic N) is 1. The van der Waals surface area contributed by atoms with Gasteiger partial charge in [0.15, 0.2) is 4.34 Å². The van der Waals surface area contributed by atoms with E-state index in [2.05, 4.69) is 38.4 Å². The van der Waals surface area contributed by atoms with Gasteiger partial charge in [0.05, 0.1) is 0 Å². The molecule has 1 heterocycles. The van der Waals surface area contributed by atoms with Gasteiger partial charge in [-0.3, -0.25) is 0 Å². The van der Waals surface area contributed by atoms with Crippen LogP contribution in [0.5, 0.6) is 0 Å². The van der Waals surface area contributed by atoms with Crippen LogP contribution < -0.4 is 5.73 Å². The number of hydrogen-bond acceptors (Lipinski definition) is 4. The summed E-state index contributed by atoms with van der Waals surface area (Å²) in [5.74, 6) is 0. The molecule has 0 aliphatic rings. The fourth-order valence-electron chi connectivity index (χ4n) is 1.28. The first-order valence-corrected chi connectivity index (χ1v) is 7.26. The molecule has 0 saturated carbocycles. The van der Waals surface area contributed by atoms with Gasteiger partial charge in [0.2, 0.25) is 0 Å². The maximum Gasteiger partial charge on any atom is 0.154 e. The van der Waals surface area contributed by atoms with Crippen LogP contribution in [0.25, 0.3) is 0 Å². The Bertz CT molecular complexity index is 496. The van der Waals surface area contributed by atoms with Gasteiger partial charge in [-0.1, -0.05) is 27.7 Å². The Labute approximate surface area is 111 Å². The Morgan fingerprint density at radius 1 is 1.44 bits per heavy atom. The van der Waals surface area contributed by atoms with Gasteiger partial charge in [-0.25, -0.2) is 4.98 Å². The Hall–Kier alpha value is -0.360. The molecule has 0 amide bonds. The number of nitrogens with two attached hydrogens (primary N) is 1. The molecule has 5 heteroatoms. The van der Waals surface area contributed by atoms with E-state index < -0.39 is 0 Å². The van der Waals surface area contributed by atoms with E-state index in [-0.39, 0.29) is 0 Å². The third-order valence-electron chi connectivity index (χ3n) is 1.97. The van der Waals surface area contributed by atoms with Gasteiger partial charge in [0, 0.05) is 27.0 Å². The molecule has 0 aliphatic heterocycles. The first kappa shape index (κ1) is 12.1. The third kappa shape index (κ3) is 3.07. The number of halogens is 1. The molecule has 0 saturated heterocycles. The van der Waals surface area contributed by atoms with E-state index in [0.29, 0.717) is 6.54 Å². The summed E-state index contributed by atoms with van der Waals surface area (Å²) in [5.41, 5.74) is 7.84. The fraction of sp³-hybridized carbons (Fsp3) is 0.182. The van der Waals surface area contributed by atoms with E-state index in [1.807, 2.05) is 13.0 Å². The highest BCUT2D eigenvalue weighted by Gasteiger charge is 2.04. The van der Waals surface area contributed by atoms with E-state index in [4.69, 9.17) is 5.73 Å². The monoisotopic (exact) mass is 314 g/mol. The van der Waals surface area contributed by atoms with Crippen LogP contribution in [0.15, 0.2) is 37.3 Å². The summed E-state index contributed by atoms with van der Waals surface area (Å²) in [6, 6.07) is 6.23. The lowest BCUT2D eigenvalue weighted by molar-refractivity contribution is 1.06. The minimum Gasteiger partial charge on any atom is -0.326 e. The molecule has 2 N–H and O–H groups in total. The molecule has 16 heavy (non-hydrogen) atoms. The molecule has 84 valence electrons. The van der Waals surface area contributed by atoms with Crippen molar-refractivity contribution in [2.24, 2.45) is 5.73 Å². The molecule has 2 aromatic rings. The fourth-order valence-corrected chi connectivity index (χ4v) is 3.90. The van der Waals surface area contributed by atoms with Gasteiger partial charge in [0.25, 0.3) is 0 Å². The van der Waals surface area contributed by atoms with Crippen molar-refractivity contribution in [3.05, 3.63) is 39.3 Å². The zero-order valence-corrected chi connectivity index (χ0v) is 12.0. The summed E-state index contributed by atoms with van der Waals surface area (Å²) < 4.78 is 2.13. The average Bonchev–Trinajstić information content (AvgIpc) is 2.63. The summed E-state index contributed by atoms with van der Waals surface area (Å²) >= 11 is 6.83. The topological polar surface area (TPSA) is 38.9 Å². The lowest BCUT2D eigenvalue weighted by Crippen LogP contribution is -1.95. The van der Waals surface area contributed by atoms with E-state index >= 15 is 0 Å². The van der Waals surface area contributed by atoms with Crippen LogP contribution >= 0.6 is 39.0 Å². The first-order valence-electron chi connectivity index (χ1n) is 4.77.